The van der Waals surface area contributed by atoms with Crippen LogP contribution in [0.25, 0.3) is 0 Å². The number of ether oxygens (including phenoxy) is 1. The summed E-state index contributed by atoms with van der Waals surface area (Å²) in [7, 11) is 2.82. The lowest BCUT2D eigenvalue weighted by Crippen LogP contribution is -2.31. The Hall–Kier alpha value is -2.87. The highest BCUT2D eigenvalue weighted by atomic mass is 16.5. The number of hydrogen-bond donors (Lipinski definition) is 3. The van der Waals surface area contributed by atoms with Gasteiger partial charge in [0.25, 0.3) is 5.91 Å². The van der Waals surface area contributed by atoms with Crippen LogP contribution in [-0.2, 0) is 25.5 Å². The van der Waals surface area contributed by atoms with Gasteiger partial charge in [0.1, 0.15) is 5.70 Å². The van der Waals surface area contributed by atoms with Crippen molar-refractivity contribution in [2.45, 2.75) is 6.42 Å². The van der Waals surface area contributed by atoms with Gasteiger partial charge in [-0.25, -0.2) is 4.79 Å². The number of methoxy groups -OCH3 is 1. The van der Waals surface area contributed by atoms with Crippen molar-refractivity contribution in [1.29, 1.82) is 0 Å². The highest BCUT2D eigenvalue weighted by Gasteiger charge is 2.34. The Labute approximate surface area is 145 Å². The lowest BCUT2D eigenvalue weighted by molar-refractivity contribution is -0.136. The quantitative estimate of drug-likeness (QED) is 0.582. The number of carbonyl (C=O) groups is 3. The second kappa shape index (κ2) is 8.29. The van der Waals surface area contributed by atoms with E-state index in [1.807, 2.05) is 0 Å². The summed E-state index contributed by atoms with van der Waals surface area (Å²) in [5.74, 6) is -1.06. The number of nitrogens with zero attached hydrogens (tertiary/aromatic N) is 1. The molecular weight excluding hydrogens is 326 g/mol. The number of carbonyl (C=O) groups excluding carboxylic acids is 3. The van der Waals surface area contributed by atoms with Crippen LogP contribution in [0.1, 0.15) is 5.56 Å². The van der Waals surface area contributed by atoms with Crippen LogP contribution in [0.5, 0.6) is 0 Å². The van der Waals surface area contributed by atoms with Crippen LogP contribution in [0.3, 0.4) is 0 Å². The van der Waals surface area contributed by atoms with Gasteiger partial charge < -0.3 is 25.4 Å². The normalized spacial score (nSPS) is 13.9. The maximum absolute atomic E-state index is 12.4. The maximum atomic E-state index is 12.4. The van der Waals surface area contributed by atoms with E-state index in [9.17, 15) is 14.4 Å². The fourth-order valence-electron chi connectivity index (χ4n) is 2.47. The van der Waals surface area contributed by atoms with E-state index in [1.54, 1.807) is 31.3 Å². The molecule has 0 unspecified atom stereocenters. The molecule has 3 N–H and O–H groups in total. The van der Waals surface area contributed by atoms with E-state index in [2.05, 4.69) is 10.6 Å². The molecule has 2 amide bonds. The molecule has 1 aromatic rings. The van der Waals surface area contributed by atoms with Crippen LogP contribution < -0.4 is 10.6 Å². The van der Waals surface area contributed by atoms with Crippen molar-refractivity contribution >= 4 is 23.5 Å². The molecule has 0 aromatic heterocycles. The molecular formula is C17H21N3O5. The third-order valence-electron chi connectivity index (χ3n) is 3.82. The number of esters is 1. The third kappa shape index (κ3) is 4.36. The minimum atomic E-state index is -0.590. The van der Waals surface area contributed by atoms with E-state index in [-0.39, 0.29) is 49.2 Å². The van der Waals surface area contributed by atoms with Crippen molar-refractivity contribution in [1.82, 2.24) is 10.2 Å². The average molecular weight is 347 g/mol. The number of hydrogen-bond acceptors (Lipinski definition) is 6. The van der Waals surface area contributed by atoms with Crippen LogP contribution in [-0.4, -0.2) is 61.6 Å². The van der Waals surface area contributed by atoms with Gasteiger partial charge in [0.05, 0.1) is 32.3 Å². The van der Waals surface area contributed by atoms with Crippen LogP contribution in [0.15, 0.2) is 35.5 Å². The zero-order valence-corrected chi connectivity index (χ0v) is 14.2. The average Bonchev–Trinajstić information content (AvgIpc) is 2.92. The Morgan fingerprint density at radius 2 is 1.96 bits per heavy atom. The topological polar surface area (TPSA) is 108 Å². The van der Waals surface area contributed by atoms with Crippen molar-refractivity contribution in [3.8, 4) is 0 Å². The largest absolute Gasteiger partial charge is 0.466 e. The predicted octanol–water partition coefficient (Wildman–Crippen LogP) is -0.351. The number of likely N-dealkylation sites (N-methyl/N-ethyl adjacent to an activating group) is 1. The number of nitrogens with one attached hydrogen (secondary N) is 2. The van der Waals surface area contributed by atoms with Gasteiger partial charge >= 0.3 is 5.97 Å². The van der Waals surface area contributed by atoms with Gasteiger partial charge in [-0.2, -0.15) is 0 Å². The van der Waals surface area contributed by atoms with Gasteiger partial charge in [-0.15, -0.1) is 0 Å². The lowest BCUT2D eigenvalue weighted by atomic mass is 10.1. The molecule has 0 fully saturated rings. The van der Waals surface area contributed by atoms with Crippen LogP contribution in [0.2, 0.25) is 0 Å². The van der Waals surface area contributed by atoms with E-state index in [1.165, 1.54) is 12.0 Å². The summed E-state index contributed by atoms with van der Waals surface area (Å²) in [6, 6.07) is 6.98. The fraction of sp³-hybridized carbons (Fsp3) is 0.353. The molecule has 0 saturated heterocycles. The molecule has 1 aliphatic rings. The molecule has 1 aromatic carbocycles. The number of aliphatic hydroxyl groups is 1. The third-order valence-corrected chi connectivity index (χ3v) is 3.82. The number of rotatable bonds is 7. The SMILES string of the molecule is CNC(=O)Cc1ccc(NC2=C(C(=O)OC)CN(CCO)C2=O)cc1. The number of amides is 2. The van der Waals surface area contributed by atoms with Gasteiger partial charge in [-0.1, -0.05) is 12.1 Å². The second-order valence-corrected chi connectivity index (χ2v) is 5.47. The molecule has 0 radical (unpaired) electrons. The molecule has 1 aliphatic heterocycles. The maximum Gasteiger partial charge on any atom is 0.337 e. The molecule has 1 heterocycles. The smallest absolute Gasteiger partial charge is 0.337 e. The number of benzene rings is 1. The van der Waals surface area contributed by atoms with Crippen LogP contribution in [0.4, 0.5) is 5.69 Å². The van der Waals surface area contributed by atoms with Crippen molar-refractivity contribution in [3.63, 3.8) is 0 Å². The number of anilines is 1. The van der Waals surface area contributed by atoms with E-state index in [0.717, 1.165) is 5.56 Å². The fourth-order valence-corrected chi connectivity index (χ4v) is 2.47. The molecule has 134 valence electrons. The molecule has 2 rings (SSSR count). The Morgan fingerprint density at radius 1 is 1.28 bits per heavy atom. The molecule has 8 heteroatoms. The van der Waals surface area contributed by atoms with Gasteiger partial charge in [0.15, 0.2) is 0 Å². The molecule has 0 aliphatic carbocycles. The Morgan fingerprint density at radius 3 is 2.52 bits per heavy atom. The second-order valence-electron chi connectivity index (χ2n) is 5.47. The van der Waals surface area contributed by atoms with E-state index in [4.69, 9.17) is 9.84 Å². The number of β-amino-alcohol motifs (C(OH)–C–C–N with tert-alkyl or cyclic N) is 1. The van der Waals surface area contributed by atoms with E-state index in [0.29, 0.717) is 5.69 Å². The summed E-state index contributed by atoms with van der Waals surface area (Å²) in [6.45, 7) is 0.0282. The Kier molecular flexibility index (Phi) is 6.13. The highest BCUT2D eigenvalue weighted by Crippen LogP contribution is 2.23. The van der Waals surface area contributed by atoms with Crippen molar-refractivity contribution < 1.29 is 24.2 Å². The van der Waals surface area contributed by atoms with Crippen LogP contribution in [0, 0.1) is 0 Å². The summed E-state index contributed by atoms with van der Waals surface area (Å²) in [5.41, 5.74) is 1.79. The molecule has 25 heavy (non-hydrogen) atoms. The zero-order valence-electron chi connectivity index (χ0n) is 14.2. The van der Waals surface area contributed by atoms with E-state index >= 15 is 0 Å². The monoisotopic (exact) mass is 347 g/mol. The highest BCUT2D eigenvalue weighted by molar-refractivity contribution is 6.08. The first kappa shape index (κ1) is 18.5. The molecule has 0 atom stereocenters. The minimum Gasteiger partial charge on any atom is -0.466 e. The first-order chi connectivity index (χ1) is 12.0. The van der Waals surface area contributed by atoms with E-state index < -0.39 is 5.97 Å². The molecule has 0 spiro atoms. The molecule has 0 saturated carbocycles. The van der Waals surface area contributed by atoms with Gasteiger partial charge in [0.2, 0.25) is 5.91 Å². The first-order valence-corrected chi connectivity index (χ1v) is 7.78. The Bertz CT molecular complexity index is 697. The lowest BCUT2D eigenvalue weighted by Gasteiger charge is -2.15. The summed E-state index contributed by atoms with van der Waals surface area (Å²) >= 11 is 0. The molecule has 8 nitrogen and oxygen atoms in total. The summed E-state index contributed by atoms with van der Waals surface area (Å²) < 4.78 is 4.73. The standard InChI is InChI=1S/C17H21N3O5/c1-18-14(22)9-11-3-5-12(6-4-11)19-15-13(17(24)25-2)10-20(7-8-21)16(15)23/h3-6,19,21H,7-10H2,1-2H3,(H,18,22). The van der Waals surface area contributed by atoms with Gasteiger partial charge in [0, 0.05) is 19.3 Å². The van der Waals surface area contributed by atoms with Crippen molar-refractivity contribution in [2.75, 3.05) is 39.2 Å². The van der Waals surface area contributed by atoms with Crippen LogP contribution >= 0.6 is 0 Å². The summed E-state index contributed by atoms with van der Waals surface area (Å²) in [6.07, 6.45) is 0.260. The Balaban J connectivity index is 2.18. The summed E-state index contributed by atoms with van der Waals surface area (Å²) in [5, 5.41) is 14.5. The minimum absolute atomic E-state index is 0.0865. The molecule has 0 bridgehead atoms. The van der Waals surface area contributed by atoms with Crippen molar-refractivity contribution in [2.24, 2.45) is 0 Å². The first-order valence-electron chi connectivity index (χ1n) is 7.78. The van der Waals surface area contributed by atoms with Crippen molar-refractivity contribution in [3.05, 3.63) is 41.1 Å². The predicted molar refractivity (Wildman–Crippen MR) is 90.5 cm³/mol. The summed E-state index contributed by atoms with van der Waals surface area (Å²) in [4.78, 5) is 37.1. The number of aliphatic hydroxyl groups excluding tert-OH is 1. The zero-order chi connectivity index (χ0) is 18.4. The van der Waals surface area contributed by atoms with Gasteiger partial charge in [-0.05, 0) is 17.7 Å². The van der Waals surface area contributed by atoms with Gasteiger partial charge in [-0.3, -0.25) is 9.59 Å².